The molecule has 168 valence electrons. The molecule has 8 heteroatoms. The second-order valence-corrected chi connectivity index (χ2v) is 7.91. The Bertz CT molecular complexity index is 1320. The van der Waals surface area contributed by atoms with E-state index in [0.29, 0.717) is 24.5 Å². The van der Waals surface area contributed by atoms with Crippen LogP contribution in [0.2, 0.25) is 0 Å². The first-order chi connectivity index (χ1) is 15.9. The van der Waals surface area contributed by atoms with Crippen molar-refractivity contribution in [3.8, 4) is 0 Å². The number of guanidine groups is 1. The fourth-order valence-electron chi connectivity index (χ4n) is 3.61. The van der Waals surface area contributed by atoms with Crippen molar-refractivity contribution in [3.63, 3.8) is 0 Å². The summed E-state index contributed by atoms with van der Waals surface area (Å²) < 4.78 is 13.7. The molecular formula is C25H25FN6O. The molecule has 2 aromatic carbocycles. The van der Waals surface area contributed by atoms with Gasteiger partial charge in [0.2, 0.25) is 11.9 Å². The lowest BCUT2D eigenvalue weighted by Crippen LogP contribution is -2.37. The topological polar surface area (TPSA) is 95.1 Å². The molecule has 0 radical (unpaired) electrons. The molecule has 7 nitrogen and oxygen atoms in total. The Labute approximate surface area is 191 Å². The van der Waals surface area contributed by atoms with E-state index >= 15 is 0 Å². The molecule has 0 aliphatic carbocycles. The molecule has 0 atom stereocenters. The predicted molar refractivity (Wildman–Crippen MR) is 128 cm³/mol. The van der Waals surface area contributed by atoms with Gasteiger partial charge in [-0.15, -0.1) is 0 Å². The number of aromatic amines is 1. The number of benzene rings is 2. The van der Waals surface area contributed by atoms with Gasteiger partial charge in [-0.25, -0.2) is 14.4 Å². The molecule has 2 heterocycles. The summed E-state index contributed by atoms with van der Waals surface area (Å²) >= 11 is 0. The van der Waals surface area contributed by atoms with Crippen LogP contribution in [-0.4, -0.2) is 33.4 Å². The standard InChI is InChI=1S/C25H25FN6O/c1-15-5-4-6-18(11-15)23(33)31-24(32-25-29-16(2)12-17(3)30-25)27-10-9-19-14-28-22-8-7-20(26)13-21(19)22/h4-8,11-14,28H,9-10H2,1-3H3,(H2,27,29,30,31,32,33). The Morgan fingerprint density at radius 1 is 1.06 bits per heavy atom. The largest absolute Gasteiger partial charge is 0.361 e. The van der Waals surface area contributed by atoms with Crippen molar-refractivity contribution in [3.05, 3.63) is 88.6 Å². The second kappa shape index (κ2) is 9.60. The Morgan fingerprint density at radius 3 is 2.61 bits per heavy atom. The molecule has 4 rings (SSSR count). The van der Waals surface area contributed by atoms with Crippen LogP contribution in [0, 0.1) is 26.6 Å². The van der Waals surface area contributed by atoms with Crippen LogP contribution in [0.15, 0.2) is 59.7 Å². The highest BCUT2D eigenvalue weighted by molar-refractivity contribution is 6.09. The number of nitrogens with zero attached hydrogens (tertiary/aromatic N) is 3. The highest BCUT2D eigenvalue weighted by atomic mass is 19.1. The van der Waals surface area contributed by atoms with Gasteiger partial charge in [0.1, 0.15) is 5.82 Å². The fourth-order valence-corrected chi connectivity index (χ4v) is 3.61. The number of hydrogen-bond donors (Lipinski definition) is 3. The van der Waals surface area contributed by atoms with Crippen LogP contribution in [0.3, 0.4) is 0 Å². The third-order valence-corrected chi connectivity index (χ3v) is 5.11. The fraction of sp³-hybridized carbons (Fsp3) is 0.200. The van der Waals surface area contributed by atoms with Gasteiger partial charge in [0.25, 0.3) is 5.91 Å². The zero-order valence-electron chi connectivity index (χ0n) is 18.7. The number of aryl methyl sites for hydroxylation is 3. The van der Waals surface area contributed by atoms with E-state index in [1.54, 1.807) is 18.2 Å². The molecule has 3 N–H and O–H groups in total. The van der Waals surface area contributed by atoms with E-state index < -0.39 is 0 Å². The van der Waals surface area contributed by atoms with Crippen LogP contribution in [0.4, 0.5) is 10.3 Å². The summed E-state index contributed by atoms with van der Waals surface area (Å²) in [6.07, 6.45) is 2.41. The highest BCUT2D eigenvalue weighted by Gasteiger charge is 2.12. The minimum absolute atomic E-state index is 0.248. The second-order valence-electron chi connectivity index (χ2n) is 7.91. The number of carbonyl (C=O) groups is 1. The molecule has 0 unspecified atom stereocenters. The van der Waals surface area contributed by atoms with Gasteiger partial charge in [-0.1, -0.05) is 17.7 Å². The third-order valence-electron chi connectivity index (χ3n) is 5.11. The molecule has 2 aromatic heterocycles. The number of carbonyl (C=O) groups excluding carboxylic acids is 1. The Morgan fingerprint density at radius 2 is 1.85 bits per heavy atom. The quantitative estimate of drug-likeness (QED) is 0.313. The number of rotatable bonds is 5. The molecule has 0 aliphatic heterocycles. The van der Waals surface area contributed by atoms with E-state index in [1.807, 2.05) is 45.2 Å². The van der Waals surface area contributed by atoms with E-state index in [1.165, 1.54) is 12.1 Å². The predicted octanol–water partition coefficient (Wildman–Crippen LogP) is 4.46. The molecule has 0 saturated heterocycles. The number of anilines is 1. The third kappa shape index (κ3) is 5.60. The average Bonchev–Trinajstić information content (AvgIpc) is 3.15. The van der Waals surface area contributed by atoms with Crippen molar-refractivity contribution < 1.29 is 9.18 Å². The van der Waals surface area contributed by atoms with Gasteiger partial charge >= 0.3 is 0 Å². The van der Waals surface area contributed by atoms with Crippen molar-refractivity contribution in [2.45, 2.75) is 27.2 Å². The maximum atomic E-state index is 13.7. The van der Waals surface area contributed by atoms with Gasteiger partial charge in [0.05, 0.1) is 0 Å². The first-order valence-corrected chi connectivity index (χ1v) is 10.6. The van der Waals surface area contributed by atoms with E-state index in [-0.39, 0.29) is 17.7 Å². The zero-order chi connectivity index (χ0) is 23.4. The van der Waals surface area contributed by atoms with Gasteiger partial charge in [-0.05, 0) is 69.2 Å². The lowest BCUT2D eigenvalue weighted by atomic mass is 10.1. The van der Waals surface area contributed by atoms with E-state index in [9.17, 15) is 9.18 Å². The summed E-state index contributed by atoms with van der Waals surface area (Å²) in [6.45, 7) is 6.04. The van der Waals surface area contributed by atoms with Crippen LogP contribution >= 0.6 is 0 Å². The molecule has 33 heavy (non-hydrogen) atoms. The highest BCUT2D eigenvalue weighted by Crippen LogP contribution is 2.20. The van der Waals surface area contributed by atoms with Gasteiger partial charge < -0.3 is 4.98 Å². The number of amides is 1. The number of aliphatic imine (C=N–C) groups is 1. The first-order valence-electron chi connectivity index (χ1n) is 10.6. The molecule has 0 spiro atoms. The van der Waals surface area contributed by atoms with Crippen LogP contribution in [0.5, 0.6) is 0 Å². The minimum atomic E-state index is -0.288. The average molecular weight is 445 g/mol. The zero-order valence-corrected chi connectivity index (χ0v) is 18.7. The summed E-state index contributed by atoms with van der Waals surface area (Å²) in [5.74, 6) is 0.0255. The number of fused-ring (bicyclic) bond motifs is 1. The number of halogens is 1. The van der Waals surface area contributed by atoms with Crippen LogP contribution in [-0.2, 0) is 6.42 Å². The van der Waals surface area contributed by atoms with Crippen LogP contribution in [0.1, 0.15) is 32.9 Å². The van der Waals surface area contributed by atoms with Crippen molar-refractivity contribution in [1.82, 2.24) is 20.3 Å². The summed E-state index contributed by atoms with van der Waals surface area (Å²) in [6, 6.07) is 13.8. The maximum Gasteiger partial charge on any atom is 0.257 e. The van der Waals surface area contributed by atoms with Gasteiger partial charge in [-0.2, -0.15) is 0 Å². The lowest BCUT2D eigenvalue weighted by Gasteiger charge is -2.12. The van der Waals surface area contributed by atoms with E-state index in [2.05, 4.69) is 30.6 Å². The monoisotopic (exact) mass is 444 g/mol. The number of nitrogens with one attached hydrogen (secondary N) is 3. The normalized spacial score (nSPS) is 11.6. The molecule has 0 bridgehead atoms. The Kier molecular flexibility index (Phi) is 6.44. The van der Waals surface area contributed by atoms with Crippen LogP contribution in [0.25, 0.3) is 10.9 Å². The summed E-state index contributed by atoms with van der Waals surface area (Å²) in [5.41, 5.74) is 4.92. The van der Waals surface area contributed by atoms with Crippen molar-refractivity contribution in [2.75, 3.05) is 11.9 Å². The van der Waals surface area contributed by atoms with Gasteiger partial charge in [-0.3, -0.25) is 20.4 Å². The SMILES string of the molecule is Cc1cccc(C(=O)NC(=NCCc2c[nH]c3ccc(F)cc23)Nc2nc(C)cc(C)n2)c1. The summed E-state index contributed by atoms with van der Waals surface area (Å²) in [4.78, 5) is 29.3. The number of hydrogen-bond acceptors (Lipinski definition) is 4. The molecule has 0 saturated carbocycles. The summed E-state index contributed by atoms with van der Waals surface area (Å²) in [5, 5.41) is 6.68. The van der Waals surface area contributed by atoms with Crippen molar-refractivity contribution in [1.29, 1.82) is 0 Å². The molecule has 0 fully saturated rings. The molecule has 4 aromatic rings. The smallest absolute Gasteiger partial charge is 0.257 e. The number of H-pyrrole nitrogens is 1. The van der Waals surface area contributed by atoms with Gasteiger partial charge in [0, 0.05) is 40.6 Å². The molecule has 0 aliphatic rings. The molecule has 1 amide bonds. The lowest BCUT2D eigenvalue weighted by molar-refractivity contribution is 0.0977. The maximum absolute atomic E-state index is 13.7. The van der Waals surface area contributed by atoms with Crippen molar-refractivity contribution in [2.24, 2.45) is 4.99 Å². The minimum Gasteiger partial charge on any atom is -0.361 e. The Balaban J connectivity index is 1.55. The Hall–Kier alpha value is -4.07. The number of aromatic nitrogens is 3. The van der Waals surface area contributed by atoms with E-state index in [4.69, 9.17) is 0 Å². The molecular weight excluding hydrogens is 419 g/mol. The first kappa shape index (κ1) is 22.1. The van der Waals surface area contributed by atoms with Gasteiger partial charge in [0.15, 0.2) is 0 Å². The van der Waals surface area contributed by atoms with Crippen LogP contribution < -0.4 is 10.6 Å². The van der Waals surface area contributed by atoms with E-state index in [0.717, 1.165) is 33.4 Å². The summed E-state index contributed by atoms with van der Waals surface area (Å²) in [7, 11) is 0. The van der Waals surface area contributed by atoms with Crippen molar-refractivity contribution >= 4 is 28.7 Å².